The third kappa shape index (κ3) is 2.12. The molecule has 3 aromatic rings. The van der Waals surface area contributed by atoms with Crippen molar-refractivity contribution in [3.05, 3.63) is 35.7 Å². The second kappa shape index (κ2) is 4.62. The van der Waals surface area contributed by atoms with E-state index in [1.54, 1.807) is 24.9 Å². The van der Waals surface area contributed by atoms with Crippen LogP contribution in [0, 0.1) is 18.6 Å². The highest BCUT2D eigenvalue weighted by Crippen LogP contribution is 2.28. The van der Waals surface area contributed by atoms with Gasteiger partial charge in [-0.15, -0.1) is 5.10 Å². The fourth-order valence-electron chi connectivity index (χ4n) is 2.07. The van der Waals surface area contributed by atoms with Crippen LogP contribution in [0.5, 0.6) is 0 Å². The van der Waals surface area contributed by atoms with Gasteiger partial charge in [0.15, 0.2) is 17.5 Å². The number of nitrogens with zero attached hydrogens (tertiary/aromatic N) is 6. The molecule has 0 aliphatic heterocycles. The Balaban J connectivity index is 2.20. The van der Waals surface area contributed by atoms with Gasteiger partial charge in [-0.05, 0) is 23.4 Å². The minimum Gasteiger partial charge on any atom is -0.398 e. The fourth-order valence-corrected chi connectivity index (χ4v) is 2.07. The summed E-state index contributed by atoms with van der Waals surface area (Å²) in [5.74, 6) is -1.83. The van der Waals surface area contributed by atoms with E-state index in [1.807, 2.05) is 0 Å². The predicted octanol–water partition coefficient (Wildman–Crippen LogP) is 1.23. The SMILES string of the molecule is Cc1nn(C)cc1-n1nnnc1-c1cc(F)c(F)cc1N. The van der Waals surface area contributed by atoms with Gasteiger partial charge in [0, 0.05) is 24.4 Å². The van der Waals surface area contributed by atoms with Crippen LogP contribution in [-0.2, 0) is 7.05 Å². The van der Waals surface area contributed by atoms with E-state index in [9.17, 15) is 8.78 Å². The maximum absolute atomic E-state index is 13.4. The molecule has 21 heavy (non-hydrogen) atoms. The van der Waals surface area contributed by atoms with Crippen molar-refractivity contribution in [2.45, 2.75) is 6.92 Å². The molecule has 0 atom stereocenters. The molecule has 0 saturated heterocycles. The van der Waals surface area contributed by atoms with E-state index in [1.165, 1.54) is 4.68 Å². The lowest BCUT2D eigenvalue weighted by molar-refractivity contribution is 0.509. The van der Waals surface area contributed by atoms with Crippen molar-refractivity contribution >= 4 is 5.69 Å². The summed E-state index contributed by atoms with van der Waals surface area (Å²) in [6, 6.07) is 1.87. The molecule has 2 N–H and O–H groups in total. The molecule has 0 fully saturated rings. The van der Waals surface area contributed by atoms with Crippen molar-refractivity contribution < 1.29 is 8.78 Å². The number of benzene rings is 1. The number of tetrazole rings is 1. The standard InChI is InChI=1S/C12H11F2N7/c1-6-11(5-20(2)17-6)21-12(16-18-19-21)7-3-8(13)9(14)4-10(7)15/h3-5H,15H2,1-2H3. The van der Waals surface area contributed by atoms with Gasteiger partial charge >= 0.3 is 0 Å². The molecule has 1 aromatic carbocycles. The van der Waals surface area contributed by atoms with Crippen molar-refractivity contribution in [1.82, 2.24) is 30.0 Å². The van der Waals surface area contributed by atoms with Gasteiger partial charge in [0.2, 0.25) is 0 Å². The van der Waals surface area contributed by atoms with Gasteiger partial charge < -0.3 is 5.73 Å². The van der Waals surface area contributed by atoms with Gasteiger partial charge in [-0.1, -0.05) is 0 Å². The van der Waals surface area contributed by atoms with Gasteiger partial charge in [-0.3, -0.25) is 4.68 Å². The van der Waals surface area contributed by atoms with Gasteiger partial charge in [0.05, 0.1) is 11.9 Å². The number of halogens is 2. The lowest BCUT2D eigenvalue weighted by atomic mass is 10.1. The molecule has 2 heterocycles. The molecular weight excluding hydrogens is 280 g/mol. The molecule has 0 amide bonds. The molecule has 2 aromatic heterocycles. The van der Waals surface area contributed by atoms with E-state index in [-0.39, 0.29) is 17.1 Å². The molecule has 0 radical (unpaired) electrons. The largest absolute Gasteiger partial charge is 0.398 e. The van der Waals surface area contributed by atoms with Crippen LogP contribution in [-0.4, -0.2) is 30.0 Å². The summed E-state index contributed by atoms with van der Waals surface area (Å²) in [5.41, 5.74) is 7.31. The Labute approximate surface area is 118 Å². The monoisotopic (exact) mass is 291 g/mol. The van der Waals surface area contributed by atoms with E-state index in [4.69, 9.17) is 5.73 Å². The minimum absolute atomic E-state index is 0.0477. The summed E-state index contributed by atoms with van der Waals surface area (Å²) in [4.78, 5) is 0. The number of hydrogen-bond acceptors (Lipinski definition) is 5. The number of nitrogens with two attached hydrogens (primary N) is 1. The summed E-state index contributed by atoms with van der Waals surface area (Å²) < 4.78 is 29.6. The highest BCUT2D eigenvalue weighted by Gasteiger charge is 2.18. The summed E-state index contributed by atoms with van der Waals surface area (Å²) in [5, 5.41) is 15.5. The van der Waals surface area contributed by atoms with Crippen molar-refractivity contribution in [2.24, 2.45) is 7.05 Å². The van der Waals surface area contributed by atoms with E-state index >= 15 is 0 Å². The van der Waals surface area contributed by atoms with Crippen LogP contribution in [0.1, 0.15) is 5.69 Å². The minimum atomic E-state index is -1.02. The molecule has 7 nitrogen and oxygen atoms in total. The second-order valence-electron chi connectivity index (χ2n) is 4.54. The molecule has 108 valence electrons. The zero-order chi connectivity index (χ0) is 15.1. The third-order valence-electron chi connectivity index (χ3n) is 3.02. The van der Waals surface area contributed by atoms with Crippen LogP contribution in [0.15, 0.2) is 18.3 Å². The average Bonchev–Trinajstić information content (AvgIpc) is 3.00. The molecule has 0 aliphatic carbocycles. The van der Waals surface area contributed by atoms with Gasteiger partial charge in [0.25, 0.3) is 0 Å². The number of nitrogen functional groups attached to an aromatic ring is 1. The van der Waals surface area contributed by atoms with Gasteiger partial charge in [-0.25, -0.2) is 8.78 Å². The van der Waals surface area contributed by atoms with E-state index in [0.29, 0.717) is 11.4 Å². The molecule has 9 heteroatoms. The third-order valence-corrected chi connectivity index (χ3v) is 3.02. The first-order valence-electron chi connectivity index (χ1n) is 6.01. The van der Waals surface area contributed by atoms with Gasteiger partial charge in [-0.2, -0.15) is 9.78 Å². The fraction of sp³-hybridized carbons (Fsp3) is 0.167. The summed E-state index contributed by atoms with van der Waals surface area (Å²) in [6.07, 6.45) is 1.71. The van der Waals surface area contributed by atoms with E-state index in [2.05, 4.69) is 20.6 Å². The Morgan fingerprint density at radius 3 is 2.57 bits per heavy atom. The Bertz CT molecular complexity index is 821. The molecular formula is C12H11F2N7. The smallest absolute Gasteiger partial charge is 0.189 e. The maximum atomic E-state index is 13.4. The van der Waals surface area contributed by atoms with Crippen LogP contribution in [0.4, 0.5) is 14.5 Å². The van der Waals surface area contributed by atoms with Crippen LogP contribution in [0.3, 0.4) is 0 Å². The van der Waals surface area contributed by atoms with Crippen LogP contribution in [0.2, 0.25) is 0 Å². The number of aromatic nitrogens is 6. The van der Waals surface area contributed by atoms with Crippen molar-refractivity contribution in [2.75, 3.05) is 5.73 Å². The molecule has 0 unspecified atom stereocenters. The molecule has 3 rings (SSSR count). The Morgan fingerprint density at radius 2 is 1.90 bits per heavy atom. The normalized spacial score (nSPS) is 11.0. The Morgan fingerprint density at radius 1 is 1.19 bits per heavy atom. The predicted molar refractivity (Wildman–Crippen MR) is 70.4 cm³/mol. The quantitative estimate of drug-likeness (QED) is 0.717. The molecule has 0 saturated carbocycles. The topological polar surface area (TPSA) is 87.4 Å². The molecule has 0 spiro atoms. The van der Waals surface area contributed by atoms with Crippen molar-refractivity contribution in [3.8, 4) is 17.1 Å². The first kappa shape index (κ1) is 13.2. The maximum Gasteiger partial charge on any atom is 0.189 e. The molecule has 0 aliphatic rings. The van der Waals surface area contributed by atoms with Crippen molar-refractivity contribution in [3.63, 3.8) is 0 Å². The second-order valence-corrected chi connectivity index (χ2v) is 4.54. The first-order valence-corrected chi connectivity index (χ1v) is 6.01. The highest BCUT2D eigenvalue weighted by atomic mass is 19.2. The number of anilines is 1. The van der Waals surface area contributed by atoms with Gasteiger partial charge in [0.1, 0.15) is 5.69 Å². The lowest BCUT2D eigenvalue weighted by Gasteiger charge is -2.06. The highest BCUT2D eigenvalue weighted by molar-refractivity contribution is 5.72. The van der Waals surface area contributed by atoms with Crippen LogP contribution < -0.4 is 5.73 Å². The van der Waals surface area contributed by atoms with Crippen molar-refractivity contribution in [1.29, 1.82) is 0 Å². The van der Waals surface area contributed by atoms with Crippen LogP contribution >= 0.6 is 0 Å². The molecule has 0 bridgehead atoms. The zero-order valence-corrected chi connectivity index (χ0v) is 11.2. The summed E-state index contributed by atoms with van der Waals surface area (Å²) in [6.45, 7) is 1.79. The Kier molecular flexibility index (Phi) is 2.89. The first-order chi connectivity index (χ1) is 9.97. The number of aryl methyl sites for hydroxylation is 2. The van der Waals surface area contributed by atoms with Crippen LogP contribution in [0.25, 0.3) is 17.1 Å². The zero-order valence-electron chi connectivity index (χ0n) is 11.2. The summed E-state index contributed by atoms with van der Waals surface area (Å²) in [7, 11) is 1.76. The lowest BCUT2D eigenvalue weighted by Crippen LogP contribution is -2.03. The Hall–Kier alpha value is -2.84. The average molecular weight is 291 g/mol. The van der Waals surface area contributed by atoms with E-state index in [0.717, 1.165) is 12.1 Å². The number of rotatable bonds is 2. The summed E-state index contributed by atoms with van der Waals surface area (Å²) >= 11 is 0. The van der Waals surface area contributed by atoms with E-state index < -0.39 is 11.6 Å². The number of hydrogen-bond donors (Lipinski definition) is 1.